The predicted octanol–water partition coefficient (Wildman–Crippen LogP) is 3.96. The summed E-state index contributed by atoms with van der Waals surface area (Å²) in [5, 5.41) is 2.70. The highest BCUT2D eigenvalue weighted by atomic mass is 32.2. The normalized spacial score (nSPS) is 17.6. The number of amides is 1. The van der Waals surface area contributed by atoms with Gasteiger partial charge in [0.15, 0.2) is 0 Å². The van der Waals surface area contributed by atoms with Gasteiger partial charge in [0.25, 0.3) is 0 Å². The van der Waals surface area contributed by atoms with E-state index in [9.17, 15) is 13.2 Å². The number of carbonyl (C=O) groups is 1. The molecule has 3 rings (SSSR count). The molecule has 0 bridgehead atoms. The van der Waals surface area contributed by atoms with Gasteiger partial charge < -0.3 is 14.8 Å². The third-order valence-corrected chi connectivity index (χ3v) is 7.03. The highest BCUT2D eigenvalue weighted by molar-refractivity contribution is 7.98. The van der Waals surface area contributed by atoms with E-state index in [1.165, 1.54) is 30.8 Å². The van der Waals surface area contributed by atoms with Gasteiger partial charge in [-0.2, -0.15) is 0 Å². The Morgan fingerprint density at radius 1 is 1.23 bits per heavy atom. The molecule has 7 nitrogen and oxygen atoms in total. The second-order valence-corrected chi connectivity index (χ2v) is 10.2. The first-order valence-electron chi connectivity index (χ1n) is 9.39. The van der Waals surface area contributed by atoms with Crippen LogP contribution in [0.2, 0.25) is 0 Å². The third kappa shape index (κ3) is 4.91. The number of thioether (sulfide) groups is 1. The van der Waals surface area contributed by atoms with E-state index in [-0.39, 0.29) is 10.8 Å². The number of sulfonamides is 1. The Balaban J connectivity index is 1.98. The average molecular weight is 451 g/mol. The Bertz CT molecular complexity index is 1070. The number of anilines is 1. The molecule has 1 aliphatic heterocycles. The van der Waals surface area contributed by atoms with Crippen LogP contribution in [0.5, 0.6) is 11.5 Å². The second-order valence-electron chi connectivity index (χ2n) is 7.69. The van der Waals surface area contributed by atoms with Crippen LogP contribution < -0.4 is 19.5 Å². The minimum absolute atomic E-state index is 0.0813. The van der Waals surface area contributed by atoms with E-state index in [0.717, 1.165) is 10.5 Å². The van der Waals surface area contributed by atoms with Gasteiger partial charge in [0.1, 0.15) is 17.1 Å². The molecule has 0 aromatic heterocycles. The number of methoxy groups -OCH3 is 1. The highest BCUT2D eigenvalue weighted by Gasteiger charge is 2.36. The first kappa shape index (κ1) is 22.5. The van der Waals surface area contributed by atoms with Crippen molar-refractivity contribution in [2.24, 2.45) is 0 Å². The largest absolute Gasteiger partial charge is 0.497 e. The van der Waals surface area contributed by atoms with E-state index in [2.05, 4.69) is 10.0 Å². The SMILES string of the molecule is COc1ccc2c(c1)[C@H](NS(=O)(=O)c1ccc(SC)c(NC(C)=O)c1)CC(C)(C)O2. The number of hydrogen-bond donors (Lipinski definition) is 2. The molecule has 0 spiro atoms. The molecule has 2 N–H and O–H groups in total. The number of carbonyl (C=O) groups excluding carboxylic acids is 1. The van der Waals surface area contributed by atoms with Crippen LogP contribution in [-0.4, -0.2) is 33.3 Å². The summed E-state index contributed by atoms with van der Waals surface area (Å²) in [6, 6.07) is 9.58. The Labute approximate surface area is 181 Å². The van der Waals surface area contributed by atoms with Gasteiger partial charge in [-0.05, 0) is 56.5 Å². The quantitative estimate of drug-likeness (QED) is 0.647. The number of nitrogens with one attached hydrogen (secondary N) is 2. The molecule has 9 heteroatoms. The first-order valence-corrected chi connectivity index (χ1v) is 12.1. The van der Waals surface area contributed by atoms with Crippen LogP contribution in [0.4, 0.5) is 5.69 Å². The zero-order chi connectivity index (χ0) is 22.1. The van der Waals surface area contributed by atoms with Crippen molar-refractivity contribution >= 4 is 33.4 Å². The average Bonchev–Trinajstić information content (AvgIpc) is 2.66. The lowest BCUT2D eigenvalue weighted by molar-refractivity contribution is -0.114. The highest BCUT2D eigenvalue weighted by Crippen LogP contribution is 2.42. The molecular weight excluding hydrogens is 424 g/mol. The van der Waals surface area contributed by atoms with Crippen LogP contribution in [0.3, 0.4) is 0 Å². The Hall–Kier alpha value is -2.23. The van der Waals surface area contributed by atoms with Crippen LogP contribution >= 0.6 is 11.8 Å². The molecular formula is C21H26N2O5S2. The van der Waals surface area contributed by atoms with Gasteiger partial charge in [-0.15, -0.1) is 11.8 Å². The summed E-state index contributed by atoms with van der Waals surface area (Å²) in [6.07, 6.45) is 2.31. The fraction of sp³-hybridized carbons (Fsp3) is 0.381. The summed E-state index contributed by atoms with van der Waals surface area (Å²) >= 11 is 1.43. The molecule has 0 fully saturated rings. The summed E-state index contributed by atoms with van der Waals surface area (Å²) in [7, 11) is -2.30. The fourth-order valence-electron chi connectivity index (χ4n) is 3.46. The number of fused-ring (bicyclic) bond motifs is 1. The van der Waals surface area contributed by atoms with Crippen LogP contribution in [0.25, 0.3) is 0 Å². The first-order chi connectivity index (χ1) is 14.0. The molecule has 0 radical (unpaired) electrons. The zero-order valence-corrected chi connectivity index (χ0v) is 19.2. The molecule has 1 amide bonds. The standard InChI is InChI=1S/C21H26N2O5S2/c1-13(24)22-17-11-15(7-9-20(17)29-5)30(25,26)23-18-12-21(2,3)28-19-8-6-14(27-4)10-16(18)19/h6-11,18,23H,12H2,1-5H3,(H,22,24)/t18-/m1/s1. The minimum atomic E-state index is -3.86. The third-order valence-electron chi connectivity index (χ3n) is 4.76. The number of benzene rings is 2. The molecule has 2 aromatic rings. The maximum absolute atomic E-state index is 13.2. The van der Waals surface area contributed by atoms with Crippen molar-refractivity contribution in [3.63, 3.8) is 0 Å². The van der Waals surface area contributed by atoms with Gasteiger partial charge in [-0.1, -0.05) is 0 Å². The lowest BCUT2D eigenvalue weighted by atomic mass is 9.90. The van der Waals surface area contributed by atoms with Crippen molar-refractivity contribution in [1.29, 1.82) is 0 Å². The van der Waals surface area contributed by atoms with E-state index in [0.29, 0.717) is 23.6 Å². The van der Waals surface area contributed by atoms with Crippen molar-refractivity contribution < 1.29 is 22.7 Å². The molecule has 1 heterocycles. The Morgan fingerprint density at radius 3 is 2.60 bits per heavy atom. The van der Waals surface area contributed by atoms with Gasteiger partial charge in [-0.3, -0.25) is 4.79 Å². The van der Waals surface area contributed by atoms with Gasteiger partial charge in [0.2, 0.25) is 15.9 Å². The number of ether oxygens (including phenoxy) is 2. The van der Waals surface area contributed by atoms with Gasteiger partial charge >= 0.3 is 0 Å². The molecule has 0 aliphatic carbocycles. The van der Waals surface area contributed by atoms with Crippen molar-refractivity contribution in [3.05, 3.63) is 42.0 Å². The Morgan fingerprint density at radius 2 is 1.97 bits per heavy atom. The number of rotatable bonds is 6. The molecule has 2 aromatic carbocycles. The Kier molecular flexibility index (Phi) is 6.35. The fourth-order valence-corrected chi connectivity index (χ4v) is 5.24. The van der Waals surface area contributed by atoms with Crippen LogP contribution in [0, 0.1) is 0 Å². The lowest BCUT2D eigenvalue weighted by Gasteiger charge is -2.37. The van der Waals surface area contributed by atoms with Crippen molar-refractivity contribution in [1.82, 2.24) is 4.72 Å². The molecule has 1 aliphatic rings. The van der Waals surface area contributed by atoms with Crippen molar-refractivity contribution in [2.45, 2.75) is 48.6 Å². The summed E-state index contributed by atoms with van der Waals surface area (Å²) in [4.78, 5) is 12.4. The van der Waals surface area contributed by atoms with Crippen LogP contribution in [0.15, 0.2) is 46.2 Å². The van der Waals surface area contributed by atoms with E-state index in [1.807, 2.05) is 20.1 Å². The van der Waals surface area contributed by atoms with E-state index in [1.54, 1.807) is 31.4 Å². The van der Waals surface area contributed by atoms with Crippen molar-refractivity contribution in [3.8, 4) is 11.5 Å². The summed E-state index contributed by atoms with van der Waals surface area (Å²) in [6.45, 7) is 5.23. The monoisotopic (exact) mass is 450 g/mol. The van der Waals surface area contributed by atoms with Gasteiger partial charge in [0.05, 0.1) is 23.7 Å². The lowest BCUT2D eigenvalue weighted by Crippen LogP contribution is -2.41. The van der Waals surface area contributed by atoms with Gasteiger partial charge in [-0.25, -0.2) is 13.1 Å². The van der Waals surface area contributed by atoms with E-state index in [4.69, 9.17) is 9.47 Å². The maximum atomic E-state index is 13.2. The van der Waals surface area contributed by atoms with Crippen LogP contribution in [-0.2, 0) is 14.8 Å². The van der Waals surface area contributed by atoms with Crippen molar-refractivity contribution in [2.75, 3.05) is 18.7 Å². The molecule has 0 saturated carbocycles. The zero-order valence-electron chi connectivity index (χ0n) is 17.6. The van der Waals surface area contributed by atoms with E-state index >= 15 is 0 Å². The van der Waals surface area contributed by atoms with E-state index < -0.39 is 21.7 Å². The smallest absolute Gasteiger partial charge is 0.241 e. The molecule has 1 atom stereocenters. The predicted molar refractivity (Wildman–Crippen MR) is 118 cm³/mol. The number of hydrogen-bond acceptors (Lipinski definition) is 6. The topological polar surface area (TPSA) is 93.7 Å². The second kappa shape index (κ2) is 8.49. The molecule has 0 unspecified atom stereocenters. The molecule has 0 saturated heterocycles. The molecule has 30 heavy (non-hydrogen) atoms. The maximum Gasteiger partial charge on any atom is 0.241 e. The minimum Gasteiger partial charge on any atom is -0.497 e. The van der Waals surface area contributed by atoms with Gasteiger partial charge in [0, 0.05) is 23.8 Å². The van der Waals surface area contributed by atoms with Crippen LogP contribution in [0.1, 0.15) is 38.8 Å². The summed E-state index contributed by atoms with van der Waals surface area (Å²) in [5.41, 5.74) is 0.645. The summed E-state index contributed by atoms with van der Waals surface area (Å²) in [5.74, 6) is 0.981. The molecule has 162 valence electrons. The summed E-state index contributed by atoms with van der Waals surface area (Å²) < 4.78 is 40.6.